The third-order valence-corrected chi connectivity index (χ3v) is 3.22. The van der Waals surface area contributed by atoms with E-state index < -0.39 is 0 Å². The topological polar surface area (TPSA) is 41.1 Å². The van der Waals surface area contributed by atoms with Crippen molar-refractivity contribution in [3.8, 4) is 0 Å². The summed E-state index contributed by atoms with van der Waals surface area (Å²) in [5.74, 6) is -0.519. The van der Waals surface area contributed by atoms with Crippen molar-refractivity contribution < 1.29 is 9.18 Å². The summed E-state index contributed by atoms with van der Waals surface area (Å²) in [4.78, 5) is 12.4. The van der Waals surface area contributed by atoms with Crippen LogP contribution in [0.3, 0.4) is 0 Å². The first-order chi connectivity index (χ1) is 10.0. The SMILES string of the molecule is CCNc1cc(C)ccc1C(=O)Nc1ccc(F)cc1C. The molecule has 0 radical (unpaired) electrons. The molecule has 1 amide bonds. The highest BCUT2D eigenvalue weighted by Crippen LogP contribution is 2.21. The first-order valence-corrected chi connectivity index (χ1v) is 6.93. The smallest absolute Gasteiger partial charge is 0.257 e. The number of benzene rings is 2. The van der Waals surface area contributed by atoms with E-state index in [9.17, 15) is 9.18 Å². The summed E-state index contributed by atoms with van der Waals surface area (Å²) < 4.78 is 13.1. The van der Waals surface area contributed by atoms with Gasteiger partial charge in [0.1, 0.15) is 5.82 Å². The van der Waals surface area contributed by atoms with Gasteiger partial charge in [-0.15, -0.1) is 0 Å². The third-order valence-electron chi connectivity index (χ3n) is 3.22. The van der Waals surface area contributed by atoms with Crippen LogP contribution in [0.4, 0.5) is 15.8 Å². The van der Waals surface area contributed by atoms with E-state index in [2.05, 4.69) is 10.6 Å². The van der Waals surface area contributed by atoms with E-state index in [4.69, 9.17) is 0 Å². The molecule has 0 aliphatic heterocycles. The third kappa shape index (κ3) is 3.60. The van der Waals surface area contributed by atoms with E-state index in [1.807, 2.05) is 26.0 Å². The molecule has 0 unspecified atom stereocenters. The van der Waals surface area contributed by atoms with Crippen molar-refractivity contribution in [3.63, 3.8) is 0 Å². The number of aryl methyl sites for hydroxylation is 2. The second-order valence-electron chi connectivity index (χ2n) is 4.99. The standard InChI is InChI=1S/C17H19FN2O/c1-4-19-16-9-11(2)5-7-14(16)17(21)20-15-8-6-13(18)10-12(15)3/h5-10,19H,4H2,1-3H3,(H,20,21). The van der Waals surface area contributed by atoms with Gasteiger partial charge in [0, 0.05) is 17.9 Å². The van der Waals surface area contributed by atoms with Crippen LogP contribution in [0.25, 0.3) is 0 Å². The van der Waals surface area contributed by atoms with Gasteiger partial charge in [0.05, 0.1) is 5.56 Å². The van der Waals surface area contributed by atoms with Crippen LogP contribution < -0.4 is 10.6 Å². The zero-order valence-corrected chi connectivity index (χ0v) is 12.5. The average molecular weight is 286 g/mol. The van der Waals surface area contributed by atoms with Crippen molar-refractivity contribution in [1.82, 2.24) is 0 Å². The first kappa shape index (κ1) is 15.0. The van der Waals surface area contributed by atoms with Gasteiger partial charge in [-0.1, -0.05) is 6.07 Å². The van der Waals surface area contributed by atoms with Crippen LogP contribution >= 0.6 is 0 Å². The Kier molecular flexibility index (Phi) is 4.58. The lowest BCUT2D eigenvalue weighted by atomic mass is 10.1. The number of carbonyl (C=O) groups excluding carboxylic acids is 1. The molecule has 0 aliphatic carbocycles. The highest BCUT2D eigenvalue weighted by Gasteiger charge is 2.12. The van der Waals surface area contributed by atoms with Crippen molar-refractivity contribution in [3.05, 3.63) is 58.9 Å². The Labute approximate surface area is 124 Å². The second-order valence-corrected chi connectivity index (χ2v) is 4.99. The van der Waals surface area contributed by atoms with E-state index in [1.165, 1.54) is 12.1 Å². The monoisotopic (exact) mass is 286 g/mol. The van der Waals surface area contributed by atoms with E-state index in [0.29, 0.717) is 16.8 Å². The molecule has 2 rings (SSSR count). The molecule has 2 N–H and O–H groups in total. The molecule has 0 saturated heterocycles. The van der Waals surface area contributed by atoms with Crippen LogP contribution in [0.5, 0.6) is 0 Å². The summed E-state index contributed by atoms with van der Waals surface area (Å²) in [7, 11) is 0. The van der Waals surface area contributed by atoms with E-state index >= 15 is 0 Å². The molecule has 0 aromatic heterocycles. The van der Waals surface area contributed by atoms with Crippen LogP contribution in [0, 0.1) is 19.7 Å². The molecule has 2 aromatic rings. The van der Waals surface area contributed by atoms with Gasteiger partial charge in [-0.25, -0.2) is 4.39 Å². The number of hydrogen-bond acceptors (Lipinski definition) is 2. The number of halogens is 1. The number of carbonyl (C=O) groups is 1. The molecule has 21 heavy (non-hydrogen) atoms. The minimum atomic E-state index is -0.311. The van der Waals surface area contributed by atoms with Crippen molar-refractivity contribution in [2.24, 2.45) is 0 Å². The summed E-state index contributed by atoms with van der Waals surface area (Å²) in [6.45, 7) is 6.46. The molecule has 0 bridgehead atoms. The molecule has 0 fully saturated rings. The zero-order valence-electron chi connectivity index (χ0n) is 12.5. The summed E-state index contributed by atoms with van der Waals surface area (Å²) in [6.07, 6.45) is 0. The van der Waals surface area contributed by atoms with Crippen LogP contribution in [0.1, 0.15) is 28.4 Å². The molecule has 3 nitrogen and oxygen atoms in total. The average Bonchev–Trinajstić information content (AvgIpc) is 2.42. The Morgan fingerprint density at radius 2 is 1.86 bits per heavy atom. The Morgan fingerprint density at radius 1 is 1.10 bits per heavy atom. The molecule has 0 aliphatic rings. The lowest BCUT2D eigenvalue weighted by Crippen LogP contribution is -2.15. The maximum Gasteiger partial charge on any atom is 0.257 e. The van der Waals surface area contributed by atoms with Crippen molar-refractivity contribution in [2.45, 2.75) is 20.8 Å². The lowest BCUT2D eigenvalue weighted by molar-refractivity contribution is 0.102. The van der Waals surface area contributed by atoms with Crippen molar-refractivity contribution >= 4 is 17.3 Å². The van der Waals surface area contributed by atoms with Crippen molar-refractivity contribution in [2.75, 3.05) is 17.2 Å². The van der Waals surface area contributed by atoms with Gasteiger partial charge in [0.25, 0.3) is 5.91 Å². The fraction of sp³-hybridized carbons (Fsp3) is 0.235. The summed E-state index contributed by atoms with van der Waals surface area (Å²) in [6, 6.07) is 9.94. The summed E-state index contributed by atoms with van der Waals surface area (Å²) >= 11 is 0. The molecule has 4 heteroatoms. The Morgan fingerprint density at radius 3 is 2.52 bits per heavy atom. The number of amides is 1. The predicted octanol–water partition coefficient (Wildman–Crippen LogP) is 4.13. The van der Waals surface area contributed by atoms with Gasteiger partial charge >= 0.3 is 0 Å². The lowest BCUT2D eigenvalue weighted by Gasteiger charge is -2.13. The molecule has 0 atom stereocenters. The first-order valence-electron chi connectivity index (χ1n) is 6.93. The largest absolute Gasteiger partial charge is 0.385 e. The predicted molar refractivity (Wildman–Crippen MR) is 84.4 cm³/mol. The van der Waals surface area contributed by atoms with Crippen molar-refractivity contribution in [1.29, 1.82) is 0 Å². The number of nitrogens with one attached hydrogen (secondary N) is 2. The van der Waals surface area contributed by atoms with E-state index in [0.717, 1.165) is 17.8 Å². The quantitative estimate of drug-likeness (QED) is 0.887. The minimum absolute atomic E-state index is 0.208. The molecular formula is C17H19FN2O. The number of anilines is 2. The second kappa shape index (κ2) is 6.39. The van der Waals surface area contributed by atoms with Gasteiger partial charge in [0.2, 0.25) is 0 Å². The Bertz CT molecular complexity index is 668. The van der Waals surface area contributed by atoms with Crippen LogP contribution in [-0.4, -0.2) is 12.5 Å². The fourth-order valence-corrected chi connectivity index (χ4v) is 2.15. The van der Waals surface area contributed by atoms with Crippen LogP contribution in [0.2, 0.25) is 0 Å². The van der Waals surface area contributed by atoms with Gasteiger partial charge in [-0.05, 0) is 62.2 Å². The molecular weight excluding hydrogens is 267 g/mol. The van der Waals surface area contributed by atoms with Gasteiger partial charge in [-0.2, -0.15) is 0 Å². The van der Waals surface area contributed by atoms with Gasteiger partial charge in [0.15, 0.2) is 0 Å². The van der Waals surface area contributed by atoms with E-state index in [-0.39, 0.29) is 11.7 Å². The Balaban J connectivity index is 2.28. The Hall–Kier alpha value is -2.36. The highest BCUT2D eigenvalue weighted by molar-refractivity contribution is 6.08. The molecule has 0 heterocycles. The summed E-state index contributed by atoms with van der Waals surface area (Å²) in [5.41, 5.74) is 3.77. The molecule has 0 saturated carbocycles. The molecule has 2 aromatic carbocycles. The van der Waals surface area contributed by atoms with Crippen LogP contribution in [0.15, 0.2) is 36.4 Å². The fourth-order valence-electron chi connectivity index (χ4n) is 2.15. The van der Waals surface area contributed by atoms with Crippen LogP contribution in [-0.2, 0) is 0 Å². The van der Waals surface area contributed by atoms with Gasteiger partial charge < -0.3 is 10.6 Å². The zero-order chi connectivity index (χ0) is 15.4. The van der Waals surface area contributed by atoms with Gasteiger partial charge in [-0.3, -0.25) is 4.79 Å². The number of hydrogen-bond donors (Lipinski definition) is 2. The molecule has 110 valence electrons. The maximum absolute atomic E-state index is 13.1. The number of rotatable bonds is 4. The normalized spacial score (nSPS) is 10.3. The summed E-state index contributed by atoms with van der Waals surface area (Å²) in [5, 5.41) is 6.01. The minimum Gasteiger partial charge on any atom is -0.385 e. The molecule has 0 spiro atoms. The highest BCUT2D eigenvalue weighted by atomic mass is 19.1. The maximum atomic E-state index is 13.1. The van der Waals surface area contributed by atoms with E-state index in [1.54, 1.807) is 19.1 Å².